The van der Waals surface area contributed by atoms with Gasteiger partial charge in [-0.3, -0.25) is 9.48 Å². The second-order valence-corrected chi connectivity index (χ2v) is 7.53. The van der Waals surface area contributed by atoms with Crippen LogP contribution in [-0.2, 0) is 24.1 Å². The Hall–Kier alpha value is -3.95. The molecule has 1 amide bonds. The average Bonchev–Trinajstić information content (AvgIpc) is 3.27. The number of nitrogens with one attached hydrogen (secondary N) is 1. The molecule has 0 bridgehead atoms. The summed E-state index contributed by atoms with van der Waals surface area (Å²) in [6.45, 7) is 3.73. The van der Waals surface area contributed by atoms with E-state index in [-0.39, 0.29) is 11.0 Å². The first kappa shape index (κ1) is 22.3. The summed E-state index contributed by atoms with van der Waals surface area (Å²) in [6, 6.07) is 16.0. The van der Waals surface area contributed by atoms with Crippen molar-refractivity contribution in [2.75, 3.05) is 0 Å². The molecule has 4 aromatic rings. The Balaban J connectivity index is 1.49. The zero-order chi connectivity index (χ0) is 23.6. The fourth-order valence-electron chi connectivity index (χ4n) is 3.61. The number of carbonyl (C=O) groups is 1. The molecule has 0 unspecified atom stereocenters. The molecule has 0 saturated carbocycles. The van der Waals surface area contributed by atoms with Crippen molar-refractivity contribution >= 4 is 23.2 Å². The summed E-state index contributed by atoms with van der Waals surface area (Å²) in [5.41, 5.74) is 6.09. The summed E-state index contributed by atoms with van der Waals surface area (Å²) in [5.74, 6) is -1.83. The Labute approximate surface area is 187 Å². The van der Waals surface area contributed by atoms with E-state index >= 15 is 0 Å². The van der Waals surface area contributed by atoms with Crippen LogP contribution in [0.4, 0.5) is 13.2 Å². The molecule has 10 heteroatoms. The zero-order valence-electron chi connectivity index (χ0n) is 18.0. The van der Waals surface area contributed by atoms with Crippen LogP contribution in [0.3, 0.4) is 0 Å². The third-order valence-corrected chi connectivity index (χ3v) is 5.21. The SMILES string of the molecule is Cc1nn(Cc2ccccc2)c(C)c1C=NNC(=O)Cn1c(C(F)(F)F)nc2ccccc21. The monoisotopic (exact) mass is 454 g/mol. The molecule has 170 valence electrons. The van der Waals surface area contributed by atoms with Crippen molar-refractivity contribution in [2.45, 2.75) is 33.1 Å². The maximum absolute atomic E-state index is 13.4. The minimum absolute atomic E-state index is 0.165. The second kappa shape index (κ2) is 8.89. The molecule has 2 aromatic carbocycles. The molecule has 2 aromatic heterocycles. The lowest BCUT2D eigenvalue weighted by atomic mass is 10.2. The third kappa shape index (κ3) is 4.79. The molecular formula is C23H21F3N6O. The van der Waals surface area contributed by atoms with E-state index in [2.05, 4.69) is 20.6 Å². The van der Waals surface area contributed by atoms with Crippen molar-refractivity contribution in [1.82, 2.24) is 24.8 Å². The maximum atomic E-state index is 13.4. The number of rotatable bonds is 6. The molecule has 0 spiro atoms. The Kier molecular flexibility index (Phi) is 5.99. The smallest absolute Gasteiger partial charge is 0.311 e. The van der Waals surface area contributed by atoms with E-state index in [4.69, 9.17) is 0 Å². The lowest BCUT2D eigenvalue weighted by molar-refractivity contribution is -0.147. The first-order valence-electron chi connectivity index (χ1n) is 10.2. The van der Waals surface area contributed by atoms with Crippen LogP contribution in [0.2, 0.25) is 0 Å². The highest BCUT2D eigenvalue weighted by Gasteiger charge is 2.38. The van der Waals surface area contributed by atoms with Crippen molar-refractivity contribution in [3.8, 4) is 0 Å². The summed E-state index contributed by atoms with van der Waals surface area (Å²) in [7, 11) is 0. The van der Waals surface area contributed by atoms with Gasteiger partial charge in [0.15, 0.2) is 0 Å². The van der Waals surface area contributed by atoms with Gasteiger partial charge in [0, 0.05) is 11.3 Å². The number of imidazole rings is 1. The number of amides is 1. The number of hydrogen-bond acceptors (Lipinski definition) is 4. The molecule has 0 aliphatic rings. The van der Waals surface area contributed by atoms with Crippen molar-refractivity contribution < 1.29 is 18.0 Å². The standard InChI is InChI=1S/C23H21F3N6O/c1-15-18(16(2)32(30-15)13-17-8-4-3-5-9-17)12-27-29-21(33)14-31-20-11-7-6-10-19(20)28-22(31)23(24,25)26/h3-12H,13-14H2,1-2H3,(H,29,33). The number of para-hydroxylation sites is 2. The van der Waals surface area contributed by atoms with Gasteiger partial charge in [0.25, 0.3) is 5.91 Å². The summed E-state index contributed by atoms with van der Waals surface area (Å²) >= 11 is 0. The van der Waals surface area contributed by atoms with Gasteiger partial charge in [-0.1, -0.05) is 42.5 Å². The Morgan fingerprint density at radius 1 is 1.09 bits per heavy atom. The molecule has 0 aliphatic carbocycles. The molecule has 7 nitrogen and oxygen atoms in total. The molecule has 0 saturated heterocycles. The number of halogens is 3. The van der Waals surface area contributed by atoms with E-state index in [1.54, 1.807) is 12.1 Å². The number of hydrazone groups is 1. The Morgan fingerprint density at radius 2 is 1.79 bits per heavy atom. The van der Waals surface area contributed by atoms with Crippen molar-refractivity contribution in [3.63, 3.8) is 0 Å². The van der Waals surface area contributed by atoms with E-state index in [0.717, 1.165) is 27.1 Å². The highest BCUT2D eigenvalue weighted by atomic mass is 19.4. The van der Waals surface area contributed by atoms with Crippen molar-refractivity contribution in [2.24, 2.45) is 5.10 Å². The van der Waals surface area contributed by atoms with E-state index < -0.39 is 24.5 Å². The summed E-state index contributed by atoms with van der Waals surface area (Å²) in [5, 5.41) is 8.46. The average molecular weight is 454 g/mol. The highest BCUT2D eigenvalue weighted by molar-refractivity contribution is 5.85. The predicted molar refractivity (Wildman–Crippen MR) is 118 cm³/mol. The van der Waals surface area contributed by atoms with Crippen molar-refractivity contribution in [1.29, 1.82) is 0 Å². The molecule has 0 radical (unpaired) electrons. The van der Waals surface area contributed by atoms with Crippen LogP contribution < -0.4 is 5.43 Å². The normalized spacial score (nSPS) is 12.0. The number of nitrogens with zero attached hydrogens (tertiary/aromatic N) is 5. The third-order valence-electron chi connectivity index (χ3n) is 5.21. The van der Waals surface area contributed by atoms with E-state index in [1.165, 1.54) is 18.3 Å². The van der Waals surface area contributed by atoms with E-state index in [9.17, 15) is 18.0 Å². The predicted octanol–water partition coefficient (Wildman–Crippen LogP) is 4.07. The van der Waals surface area contributed by atoms with Gasteiger partial charge in [0.05, 0.1) is 29.5 Å². The minimum Gasteiger partial charge on any atom is -0.311 e. The number of benzene rings is 2. The molecule has 0 atom stereocenters. The highest BCUT2D eigenvalue weighted by Crippen LogP contribution is 2.31. The fourth-order valence-corrected chi connectivity index (χ4v) is 3.61. The van der Waals surface area contributed by atoms with Gasteiger partial charge in [-0.05, 0) is 31.5 Å². The van der Waals surface area contributed by atoms with Gasteiger partial charge in [-0.2, -0.15) is 23.4 Å². The van der Waals surface area contributed by atoms with Gasteiger partial charge >= 0.3 is 6.18 Å². The largest absolute Gasteiger partial charge is 0.449 e. The first-order valence-corrected chi connectivity index (χ1v) is 10.2. The number of aromatic nitrogens is 4. The van der Waals surface area contributed by atoms with Gasteiger partial charge in [0.2, 0.25) is 5.82 Å². The molecule has 0 fully saturated rings. The van der Waals surface area contributed by atoms with Crippen LogP contribution >= 0.6 is 0 Å². The zero-order valence-corrected chi connectivity index (χ0v) is 18.0. The van der Waals surface area contributed by atoms with Gasteiger partial charge in [0.1, 0.15) is 6.54 Å². The minimum atomic E-state index is -4.69. The number of carbonyl (C=O) groups excluding carboxylic acids is 1. The lowest BCUT2D eigenvalue weighted by Crippen LogP contribution is -2.26. The van der Waals surface area contributed by atoms with Crippen LogP contribution in [0.25, 0.3) is 11.0 Å². The first-order chi connectivity index (χ1) is 15.7. The van der Waals surface area contributed by atoms with Gasteiger partial charge in [-0.15, -0.1) is 0 Å². The molecule has 0 aliphatic heterocycles. The lowest BCUT2D eigenvalue weighted by Gasteiger charge is -2.10. The van der Waals surface area contributed by atoms with Gasteiger partial charge in [-0.25, -0.2) is 10.4 Å². The summed E-state index contributed by atoms with van der Waals surface area (Å²) in [6.07, 6.45) is -3.24. The van der Waals surface area contributed by atoms with Crippen LogP contribution in [-0.4, -0.2) is 31.5 Å². The number of aryl methyl sites for hydroxylation is 1. The quantitative estimate of drug-likeness (QED) is 0.353. The topological polar surface area (TPSA) is 77.1 Å². The van der Waals surface area contributed by atoms with E-state index in [1.807, 2.05) is 48.9 Å². The van der Waals surface area contributed by atoms with Crippen LogP contribution in [0, 0.1) is 13.8 Å². The Bertz CT molecular complexity index is 1320. The van der Waals surface area contributed by atoms with Crippen LogP contribution in [0.15, 0.2) is 59.7 Å². The molecule has 33 heavy (non-hydrogen) atoms. The maximum Gasteiger partial charge on any atom is 0.449 e. The second-order valence-electron chi connectivity index (χ2n) is 7.53. The molecular weight excluding hydrogens is 433 g/mol. The number of alkyl halides is 3. The molecule has 1 N–H and O–H groups in total. The van der Waals surface area contributed by atoms with E-state index in [0.29, 0.717) is 6.54 Å². The summed E-state index contributed by atoms with van der Waals surface area (Å²) in [4.78, 5) is 16.0. The summed E-state index contributed by atoms with van der Waals surface area (Å²) < 4.78 is 42.9. The van der Waals surface area contributed by atoms with Crippen LogP contribution in [0.1, 0.15) is 28.3 Å². The number of hydrogen-bond donors (Lipinski definition) is 1. The van der Waals surface area contributed by atoms with Gasteiger partial charge < -0.3 is 4.57 Å². The molecule has 4 rings (SSSR count). The fraction of sp³-hybridized carbons (Fsp3) is 0.217. The Morgan fingerprint density at radius 3 is 2.52 bits per heavy atom. The molecule has 2 heterocycles. The number of fused-ring (bicyclic) bond motifs is 1. The van der Waals surface area contributed by atoms with Crippen LogP contribution in [0.5, 0.6) is 0 Å². The van der Waals surface area contributed by atoms with Crippen molar-refractivity contribution in [3.05, 3.63) is 82.9 Å².